The Hall–Kier alpha value is -1.46. The van der Waals surface area contributed by atoms with Gasteiger partial charge in [-0.2, -0.15) is 0 Å². The summed E-state index contributed by atoms with van der Waals surface area (Å²) < 4.78 is 0. The largest absolute Gasteiger partial charge is 0.352 e. The van der Waals surface area contributed by atoms with Crippen molar-refractivity contribution in [1.29, 1.82) is 0 Å². The number of primary amides is 4. The maximum Gasteiger partial charge on any atom is 0.309 e. The van der Waals surface area contributed by atoms with Crippen molar-refractivity contribution in [2.24, 2.45) is 22.9 Å². The third kappa shape index (κ3) is 404. The minimum atomic E-state index is -0.833. The van der Waals surface area contributed by atoms with Gasteiger partial charge in [0.05, 0.1) is 0 Å². The first-order chi connectivity index (χ1) is 6.38. The van der Waals surface area contributed by atoms with E-state index in [1.807, 2.05) is 0 Å². The van der Waals surface area contributed by atoms with Gasteiger partial charge in [0.25, 0.3) is 0 Å². The number of unbranched alkanes of at least 4 members (excludes halogenated alkanes) is 3. The molecule has 0 radical (unpaired) electrons. The summed E-state index contributed by atoms with van der Waals surface area (Å²) in [5.74, 6) is 0. The van der Waals surface area contributed by atoms with E-state index in [-0.39, 0.29) is 0 Å². The Labute approximate surface area is 85.0 Å². The van der Waals surface area contributed by atoms with Crippen LogP contribution in [0, 0.1) is 0 Å². The van der Waals surface area contributed by atoms with Crippen LogP contribution in [0.4, 0.5) is 9.59 Å². The number of carbonyl (C=O) groups excluding carboxylic acids is 2. The lowest BCUT2D eigenvalue weighted by atomic mass is 10.2. The first-order valence-electron chi connectivity index (χ1n) is 4.48. The molecule has 0 atom stereocenters. The second kappa shape index (κ2) is 17.6. The number of carbonyl (C=O) groups is 2. The van der Waals surface area contributed by atoms with Crippen LogP contribution in [0.25, 0.3) is 0 Å². The number of hydrogen-bond acceptors (Lipinski definition) is 2. The topological polar surface area (TPSA) is 138 Å². The average Bonchev–Trinajstić information content (AvgIpc) is 1.98. The Kier molecular flexibility index (Phi) is 23.0. The molecule has 6 heteroatoms. The molecular weight excluding hydrogens is 184 g/mol. The number of hydrogen-bond donors (Lipinski definition) is 4. The lowest BCUT2D eigenvalue weighted by Gasteiger charge is -1.86. The van der Waals surface area contributed by atoms with E-state index in [1.54, 1.807) is 0 Å². The van der Waals surface area contributed by atoms with Gasteiger partial charge in [0.1, 0.15) is 0 Å². The van der Waals surface area contributed by atoms with E-state index < -0.39 is 12.1 Å². The minimum Gasteiger partial charge on any atom is -0.352 e. The van der Waals surface area contributed by atoms with Crippen molar-refractivity contribution in [2.45, 2.75) is 39.5 Å². The Morgan fingerprint density at radius 2 is 0.929 bits per heavy atom. The average molecular weight is 206 g/mol. The van der Waals surface area contributed by atoms with Gasteiger partial charge in [0, 0.05) is 0 Å². The molecule has 0 aromatic heterocycles. The van der Waals surface area contributed by atoms with Crippen LogP contribution in [-0.4, -0.2) is 12.1 Å². The molecule has 8 N–H and O–H groups in total. The van der Waals surface area contributed by atoms with E-state index in [0.29, 0.717) is 0 Å². The van der Waals surface area contributed by atoms with Crippen molar-refractivity contribution in [3.05, 3.63) is 0 Å². The highest BCUT2D eigenvalue weighted by Gasteiger charge is 1.75. The molecule has 0 fully saturated rings. The van der Waals surface area contributed by atoms with Crippen LogP contribution < -0.4 is 22.9 Å². The van der Waals surface area contributed by atoms with E-state index in [0.717, 1.165) is 0 Å². The van der Waals surface area contributed by atoms with Crippen LogP contribution in [0.1, 0.15) is 39.5 Å². The van der Waals surface area contributed by atoms with Gasteiger partial charge >= 0.3 is 12.1 Å². The molecule has 4 amide bonds. The fourth-order valence-corrected chi connectivity index (χ4v) is 0.500. The predicted octanol–water partition coefficient (Wildman–Crippen LogP) is 0.634. The summed E-state index contributed by atoms with van der Waals surface area (Å²) in [5.41, 5.74) is 17.0. The maximum atomic E-state index is 9.00. The van der Waals surface area contributed by atoms with Gasteiger partial charge < -0.3 is 22.9 Å². The predicted molar refractivity (Wildman–Crippen MR) is 57.4 cm³/mol. The second-order valence-electron chi connectivity index (χ2n) is 2.51. The summed E-state index contributed by atoms with van der Waals surface area (Å²) in [6.45, 7) is 4.46. The summed E-state index contributed by atoms with van der Waals surface area (Å²) in [6.07, 6.45) is 5.54. The van der Waals surface area contributed by atoms with Crippen molar-refractivity contribution >= 4 is 12.1 Å². The summed E-state index contributed by atoms with van der Waals surface area (Å²) >= 11 is 0. The van der Waals surface area contributed by atoms with Crippen LogP contribution in [0.5, 0.6) is 0 Å². The first kappa shape index (κ1) is 18.3. The zero-order chi connectivity index (χ0) is 12.0. The van der Waals surface area contributed by atoms with E-state index in [1.165, 1.54) is 25.7 Å². The molecule has 14 heavy (non-hydrogen) atoms. The molecule has 0 aliphatic rings. The molecule has 0 saturated carbocycles. The third-order valence-electron chi connectivity index (χ3n) is 0.957. The Morgan fingerprint density at radius 1 is 0.786 bits per heavy atom. The number of nitrogens with two attached hydrogens (primary N) is 4. The van der Waals surface area contributed by atoms with Gasteiger partial charge in [-0.05, 0) is 0 Å². The smallest absolute Gasteiger partial charge is 0.309 e. The summed E-state index contributed by atoms with van der Waals surface area (Å²) in [6, 6.07) is -1.67. The number of urea groups is 2. The van der Waals surface area contributed by atoms with Crippen molar-refractivity contribution in [2.75, 3.05) is 0 Å². The summed E-state index contributed by atoms with van der Waals surface area (Å²) in [5, 5.41) is 0. The molecule has 0 heterocycles. The van der Waals surface area contributed by atoms with Gasteiger partial charge in [0.15, 0.2) is 0 Å². The van der Waals surface area contributed by atoms with Crippen LogP contribution in [-0.2, 0) is 0 Å². The monoisotopic (exact) mass is 206 g/mol. The Bertz CT molecular complexity index is 115. The number of amides is 4. The molecule has 0 rings (SSSR count). The molecule has 6 nitrogen and oxygen atoms in total. The fourth-order valence-electron chi connectivity index (χ4n) is 0.500. The SMILES string of the molecule is CCCCCC.NC(N)=O.NC(N)=O. The Balaban J connectivity index is -0.000000135. The van der Waals surface area contributed by atoms with E-state index in [9.17, 15) is 0 Å². The fraction of sp³-hybridized carbons (Fsp3) is 0.750. The maximum absolute atomic E-state index is 9.00. The standard InChI is InChI=1S/C6H14.2CH4N2O/c1-3-5-6-4-2;2*2-1(3)4/h3-6H2,1-2H3;2*(H4,2,3,4). The zero-order valence-electron chi connectivity index (χ0n) is 8.95. The molecule has 0 aliphatic heterocycles. The molecular formula is C8H22N4O2. The third-order valence-corrected chi connectivity index (χ3v) is 0.957. The van der Waals surface area contributed by atoms with Gasteiger partial charge in [-0.15, -0.1) is 0 Å². The molecule has 86 valence electrons. The molecule has 0 aliphatic carbocycles. The highest BCUT2D eigenvalue weighted by Crippen LogP contribution is 1.95. The van der Waals surface area contributed by atoms with Crippen molar-refractivity contribution in [1.82, 2.24) is 0 Å². The molecule has 0 aromatic rings. The molecule has 0 saturated heterocycles. The van der Waals surface area contributed by atoms with Crippen LogP contribution in [0.3, 0.4) is 0 Å². The van der Waals surface area contributed by atoms with E-state index in [4.69, 9.17) is 9.59 Å². The molecule has 0 spiro atoms. The van der Waals surface area contributed by atoms with Crippen LogP contribution in [0.15, 0.2) is 0 Å². The molecule has 0 aromatic carbocycles. The zero-order valence-corrected chi connectivity index (χ0v) is 8.95. The first-order valence-corrected chi connectivity index (χ1v) is 4.48. The van der Waals surface area contributed by atoms with Crippen molar-refractivity contribution < 1.29 is 9.59 Å². The van der Waals surface area contributed by atoms with Gasteiger partial charge in [-0.25, -0.2) is 9.59 Å². The highest BCUT2D eigenvalue weighted by molar-refractivity contribution is 5.69. The van der Waals surface area contributed by atoms with Crippen LogP contribution >= 0.6 is 0 Å². The van der Waals surface area contributed by atoms with Gasteiger partial charge in [-0.3, -0.25) is 0 Å². The highest BCUT2D eigenvalue weighted by atomic mass is 16.2. The van der Waals surface area contributed by atoms with Crippen molar-refractivity contribution in [3.8, 4) is 0 Å². The second-order valence-corrected chi connectivity index (χ2v) is 2.51. The lowest BCUT2D eigenvalue weighted by Crippen LogP contribution is -2.18. The number of rotatable bonds is 3. The minimum absolute atomic E-state index is 0.833. The van der Waals surface area contributed by atoms with Gasteiger partial charge in [-0.1, -0.05) is 39.5 Å². The molecule has 0 bridgehead atoms. The summed E-state index contributed by atoms with van der Waals surface area (Å²) in [4.78, 5) is 18.0. The quantitative estimate of drug-likeness (QED) is 0.503. The van der Waals surface area contributed by atoms with Crippen LogP contribution in [0.2, 0.25) is 0 Å². The Morgan fingerprint density at radius 3 is 1.00 bits per heavy atom. The van der Waals surface area contributed by atoms with E-state index in [2.05, 4.69) is 36.8 Å². The lowest BCUT2D eigenvalue weighted by molar-refractivity contribution is 0.255. The van der Waals surface area contributed by atoms with Gasteiger partial charge in [0.2, 0.25) is 0 Å². The molecule has 0 unspecified atom stereocenters. The van der Waals surface area contributed by atoms with E-state index >= 15 is 0 Å². The van der Waals surface area contributed by atoms with Crippen molar-refractivity contribution in [3.63, 3.8) is 0 Å². The normalized spacial score (nSPS) is 7.29. The summed E-state index contributed by atoms with van der Waals surface area (Å²) in [7, 11) is 0.